The third-order valence-corrected chi connectivity index (χ3v) is 4.06. The van der Waals surface area contributed by atoms with E-state index in [9.17, 15) is 5.11 Å². The van der Waals surface area contributed by atoms with Gasteiger partial charge in [-0.1, -0.05) is 19.4 Å². The summed E-state index contributed by atoms with van der Waals surface area (Å²) in [6.07, 6.45) is 4.19. The third kappa shape index (κ3) is 1.96. The standard InChI is InChI=1S/C12H20O2.C2H4/c1-8-7-12(13)10(11(8,3)4)6-5-9(2)14-12;1-2/h7,9-10,13H,5-6H2,1-4H3;1-2H2. The minimum atomic E-state index is -0.995. The summed E-state index contributed by atoms with van der Waals surface area (Å²) in [7, 11) is 0. The molecule has 3 atom stereocenters. The molecule has 0 aromatic carbocycles. The molecular formula is C14H24O2. The highest BCUT2D eigenvalue weighted by molar-refractivity contribution is 5.26. The summed E-state index contributed by atoms with van der Waals surface area (Å²) in [4.78, 5) is 0. The molecule has 0 spiro atoms. The molecule has 0 aromatic heterocycles. The molecule has 1 saturated heterocycles. The first-order chi connectivity index (χ1) is 7.36. The molecule has 0 amide bonds. The Bertz CT molecular complexity index is 293. The molecule has 0 aromatic rings. The minimum Gasteiger partial charge on any atom is -0.362 e. The zero-order valence-electron chi connectivity index (χ0n) is 10.9. The van der Waals surface area contributed by atoms with Gasteiger partial charge in [-0.2, -0.15) is 0 Å². The van der Waals surface area contributed by atoms with Crippen molar-refractivity contribution in [3.8, 4) is 0 Å². The van der Waals surface area contributed by atoms with Crippen LogP contribution >= 0.6 is 0 Å². The molecule has 0 saturated carbocycles. The van der Waals surface area contributed by atoms with E-state index in [1.54, 1.807) is 0 Å². The lowest BCUT2D eigenvalue weighted by Gasteiger charge is -2.43. The number of rotatable bonds is 0. The molecule has 0 radical (unpaired) electrons. The number of aliphatic hydroxyl groups is 1. The predicted octanol–water partition coefficient (Wildman–Crippen LogP) is 3.28. The van der Waals surface area contributed by atoms with E-state index in [2.05, 4.69) is 33.9 Å². The molecule has 16 heavy (non-hydrogen) atoms. The molecular weight excluding hydrogens is 200 g/mol. The van der Waals surface area contributed by atoms with Crippen molar-refractivity contribution in [1.29, 1.82) is 0 Å². The van der Waals surface area contributed by atoms with Crippen molar-refractivity contribution in [2.45, 2.75) is 52.4 Å². The largest absolute Gasteiger partial charge is 0.362 e. The molecule has 1 heterocycles. The van der Waals surface area contributed by atoms with Gasteiger partial charge in [-0.3, -0.25) is 0 Å². The Balaban J connectivity index is 0.000000606. The molecule has 2 aliphatic rings. The van der Waals surface area contributed by atoms with Crippen molar-refractivity contribution in [3.63, 3.8) is 0 Å². The summed E-state index contributed by atoms with van der Waals surface area (Å²) < 4.78 is 5.68. The molecule has 1 N–H and O–H groups in total. The van der Waals surface area contributed by atoms with Crippen LogP contribution in [-0.4, -0.2) is 17.0 Å². The fraction of sp³-hybridized carbons (Fsp3) is 0.714. The van der Waals surface area contributed by atoms with Crippen molar-refractivity contribution in [2.75, 3.05) is 0 Å². The normalized spacial score (nSPS) is 40.4. The number of hydrogen-bond acceptors (Lipinski definition) is 2. The van der Waals surface area contributed by atoms with Gasteiger partial charge in [0, 0.05) is 5.92 Å². The van der Waals surface area contributed by atoms with Crippen LogP contribution < -0.4 is 0 Å². The Morgan fingerprint density at radius 1 is 1.38 bits per heavy atom. The SMILES string of the molecule is C=C.CC1=CC2(O)OC(C)CCC2C1(C)C. The zero-order valence-corrected chi connectivity index (χ0v) is 10.9. The van der Waals surface area contributed by atoms with E-state index in [-0.39, 0.29) is 17.4 Å². The topological polar surface area (TPSA) is 29.5 Å². The van der Waals surface area contributed by atoms with Crippen molar-refractivity contribution in [1.82, 2.24) is 0 Å². The maximum atomic E-state index is 10.4. The Hall–Kier alpha value is -0.600. The van der Waals surface area contributed by atoms with Crippen molar-refractivity contribution in [2.24, 2.45) is 11.3 Å². The Morgan fingerprint density at radius 3 is 2.50 bits per heavy atom. The van der Waals surface area contributed by atoms with Gasteiger partial charge in [0.2, 0.25) is 0 Å². The highest BCUT2D eigenvalue weighted by atomic mass is 16.6. The number of hydrogen-bond donors (Lipinski definition) is 1. The fourth-order valence-corrected chi connectivity index (χ4v) is 2.86. The van der Waals surface area contributed by atoms with Gasteiger partial charge in [-0.15, -0.1) is 13.2 Å². The van der Waals surface area contributed by atoms with Crippen LogP contribution in [0.5, 0.6) is 0 Å². The first-order valence-electron chi connectivity index (χ1n) is 5.96. The molecule has 92 valence electrons. The summed E-state index contributed by atoms with van der Waals surface area (Å²) in [6, 6.07) is 0. The van der Waals surface area contributed by atoms with Crippen LogP contribution in [0.4, 0.5) is 0 Å². The Morgan fingerprint density at radius 2 is 1.94 bits per heavy atom. The molecule has 2 rings (SSSR count). The van der Waals surface area contributed by atoms with Crippen molar-refractivity contribution >= 4 is 0 Å². The highest BCUT2D eigenvalue weighted by Gasteiger charge is 2.53. The molecule has 3 unspecified atom stereocenters. The molecule has 2 heteroatoms. The number of ether oxygens (including phenoxy) is 1. The van der Waals surface area contributed by atoms with Gasteiger partial charge in [-0.25, -0.2) is 0 Å². The fourth-order valence-electron chi connectivity index (χ4n) is 2.86. The summed E-state index contributed by atoms with van der Waals surface area (Å²) in [5, 5.41) is 10.4. The van der Waals surface area contributed by atoms with Crippen LogP contribution in [0.15, 0.2) is 24.8 Å². The highest BCUT2D eigenvalue weighted by Crippen LogP contribution is 2.53. The number of fused-ring (bicyclic) bond motifs is 1. The average molecular weight is 224 g/mol. The molecule has 1 aliphatic carbocycles. The second-order valence-electron chi connectivity index (χ2n) is 5.36. The molecule has 0 bridgehead atoms. The van der Waals surface area contributed by atoms with Crippen LogP contribution in [-0.2, 0) is 4.74 Å². The van der Waals surface area contributed by atoms with Crippen LogP contribution in [0.25, 0.3) is 0 Å². The van der Waals surface area contributed by atoms with Gasteiger partial charge >= 0.3 is 0 Å². The molecule has 1 aliphatic heterocycles. The first-order valence-corrected chi connectivity index (χ1v) is 5.96. The quantitative estimate of drug-likeness (QED) is 0.640. The lowest BCUT2D eigenvalue weighted by atomic mass is 9.72. The summed E-state index contributed by atoms with van der Waals surface area (Å²) >= 11 is 0. The van der Waals surface area contributed by atoms with Gasteiger partial charge < -0.3 is 9.84 Å². The minimum absolute atomic E-state index is 0.0783. The van der Waals surface area contributed by atoms with Crippen molar-refractivity contribution < 1.29 is 9.84 Å². The van der Waals surface area contributed by atoms with E-state index in [0.717, 1.165) is 12.8 Å². The summed E-state index contributed by atoms with van der Waals surface area (Å²) in [5.74, 6) is -0.767. The maximum absolute atomic E-state index is 10.4. The number of allylic oxidation sites excluding steroid dienone is 1. The predicted molar refractivity (Wildman–Crippen MR) is 67.0 cm³/mol. The Kier molecular flexibility index (Phi) is 3.65. The van der Waals surface area contributed by atoms with E-state index in [0.29, 0.717) is 0 Å². The summed E-state index contributed by atoms with van der Waals surface area (Å²) in [5.41, 5.74) is 1.33. The lowest BCUT2D eigenvalue weighted by Crippen LogP contribution is -2.47. The van der Waals surface area contributed by atoms with Gasteiger partial charge in [0.15, 0.2) is 5.79 Å². The van der Waals surface area contributed by atoms with E-state index in [1.165, 1.54) is 5.57 Å². The average Bonchev–Trinajstić information content (AvgIpc) is 2.35. The summed E-state index contributed by atoms with van der Waals surface area (Å²) in [6.45, 7) is 14.5. The van der Waals surface area contributed by atoms with Crippen LogP contribution in [0.2, 0.25) is 0 Å². The Labute approximate surface area is 99.0 Å². The first kappa shape index (κ1) is 13.5. The smallest absolute Gasteiger partial charge is 0.189 e. The molecule has 2 nitrogen and oxygen atoms in total. The van der Waals surface area contributed by atoms with Crippen LogP contribution in [0.3, 0.4) is 0 Å². The van der Waals surface area contributed by atoms with Gasteiger partial charge in [0.05, 0.1) is 6.10 Å². The molecule has 1 fully saturated rings. The van der Waals surface area contributed by atoms with E-state index in [1.807, 2.05) is 13.0 Å². The van der Waals surface area contributed by atoms with E-state index in [4.69, 9.17) is 4.74 Å². The maximum Gasteiger partial charge on any atom is 0.189 e. The van der Waals surface area contributed by atoms with Crippen LogP contribution in [0, 0.1) is 11.3 Å². The zero-order chi connectivity index (χ0) is 12.6. The second-order valence-corrected chi connectivity index (χ2v) is 5.36. The van der Waals surface area contributed by atoms with Crippen molar-refractivity contribution in [3.05, 3.63) is 24.8 Å². The second kappa shape index (κ2) is 4.34. The van der Waals surface area contributed by atoms with Gasteiger partial charge in [0.25, 0.3) is 0 Å². The van der Waals surface area contributed by atoms with Gasteiger partial charge in [0.1, 0.15) is 0 Å². The van der Waals surface area contributed by atoms with E-state index >= 15 is 0 Å². The third-order valence-electron chi connectivity index (χ3n) is 4.06. The monoisotopic (exact) mass is 224 g/mol. The van der Waals surface area contributed by atoms with E-state index < -0.39 is 5.79 Å². The lowest BCUT2D eigenvalue weighted by molar-refractivity contribution is -0.255. The van der Waals surface area contributed by atoms with Crippen LogP contribution in [0.1, 0.15) is 40.5 Å². The van der Waals surface area contributed by atoms with Gasteiger partial charge in [-0.05, 0) is 38.2 Å².